The molecule has 2 aromatic carbocycles. The van der Waals surface area contributed by atoms with Gasteiger partial charge in [0, 0.05) is 30.3 Å². The number of hydrogen-bond acceptors (Lipinski definition) is 4. The van der Waals surface area contributed by atoms with E-state index in [1.165, 1.54) is 5.56 Å². The first-order valence-electron chi connectivity index (χ1n) is 9.41. The van der Waals surface area contributed by atoms with Crippen LogP contribution in [0.15, 0.2) is 42.5 Å². The molecule has 1 heterocycles. The van der Waals surface area contributed by atoms with Crippen LogP contribution in [-0.2, 0) is 10.2 Å². The smallest absolute Gasteiger partial charge is 0.251 e. The molecule has 0 aliphatic carbocycles. The zero-order chi connectivity index (χ0) is 20.1. The molecule has 6 nitrogen and oxygen atoms in total. The second-order valence-corrected chi connectivity index (χ2v) is 7.74. The lowest BCUT2D eigenvalue weighted by Gasteiger charge is -2.19. The predicted octanol–water partition coefficient (Wildman–Crippen LogP) is 3.51. The van der Waals surface area contributed by atoms with Gasteiger partial charge in [0.15, 0.2) is 11.5 Å². The van der Waals surface area contributed by atoms with Crippen molar-refractivity contribution in [3.63, 3.8) is 0 Å². The normalized spacial score (nSPS) is 13.0. The summed E-state index contributed by atoms with van der Waals surface area (Å²) in [6.45, 7) is 7.66. The Morgan fingerprint density at radius 3 is 2.32 bits per heavy atom. The van der Waals surface area contributed by atoms with Gasteiger partial charge in [-0.25, -0.2) is 0 Å². The van der Waals surface area contributed by atoms with E-state index in [1.54, 1.807) is 18.2 Å². The van der Waals surface area contributed by atoms with E-state index in [-0.39, 0.29) is 30.2 Å². The molecule has 0 saturated heterocycles. The summed E-state index contributed by atoms with van der Waals surface area (Å²) in [5.74, 6) is 0.928. The number of fused-ring (bicyclic) bond motifs is 1. The minimum atomic E-state index is -0.187. The molecule has 6 heteroatoms. The second kappa shape index (κ2) is 8.33. The fourth-order valence-corrected chi connectivity index (χ4v) is 2.86. The van der Waals surface area contributed by atoms with Crippen molar-refractivity contribution >= 4 is 17.5 Å². The first-order chi connectivity index (χ1) is 13.3. The van der Waals surface area contributed by atoms with Crippen molar-refractivity contribution in [1.29, 1.82) is 0 Å². The van der Waals surface area contributed by atoms with Crippen LogP contribution in [-0.4, -0.2) is 31.6 Å². The molecule has 0 fully saturated rings. The Morgan fingerprint density at radius 2 is 1.64 bits per heavy atom. The van der Waals surface area contributed by atoms with Crippen molar-refractivity contribution in [3.8, 4) is 11.5 Å². The molecule has 1 aliphatic heterocycles. The molecule has 1 aliphatic rings. The molecule has 148 valence electrons. The number of rotatable bonds is 5. The summed E-state index contributed by atoms with van der Waals surface area (Å²) in [6, 6.07) is 12.8. The second-order valence-electron chi connectivity index (χ2n) is 7.74. The lowest BCUT2D eigenvalue weighted by molar-refractivity contribution is -0.116. The average molecular weight is 382 g/mol. The molecular weight excluding hydrogens is 356 g/mol. The number of anilines is 1. The Hall–Kier alpha value is -3.02. The molecule has 3 rings (SSSR count). The van der Waals surface area contributed by atoms with Crippen LogP contribution in [0.1, 0.15) is 43.1 Å². The number of hydrogen-bond donors (Lipinski definition) is 2. The first-order valence-corrected chi connectivity index (χ1v) is 9.41. The highest BCUT2D eigenvalue weighted by atomic mass is 16.6. The number of carbonyl (C=O) groups is 2. The lowest BCUT2D eigenvalue weighted by Crippen LogP contribution is -2.27. The van der Waals surface area contributed by atoms with Gasteiger partial charge in [0.05, 0.1) is 0 Å². The maximum Gasteiger partial charge on any atom is 0.251 e. The minimum absolute atomic E-state index is 0.0426. The van der Waals surface area contributed by atoms with Crippen LogP contribution in [0.2, 0.25) is 0 Å². The van der Waals surface area contributed by atoms with Gasteiger partial charge in [-0.1, -0.05) is 32.9 Å². The van der Waals surface area contributed by atoms with Crippen molar-refractivity contribution < 1.29 is 19.1 Å². The average Bonchev–Trinajstić information content (AvgIpc) is 2.67. The zero-order valence-electron chi connectivity index (χ0n) is 16.5. The molecule has 0 spiro atoms. The topological polar surface area (TPSA) is 76.7 Å². The molecule has 0 radical (unpaired) electrons. The Morgan fingerprint density at radius 1 is 0.964 bits per heavy atom. The van der Waals surface area contributed by atoms with Gasteiger partial charge in [0.25, 0.3) is 5.91 Å². The standard InChI is InChI=1S/C22H26N2O4/c1-22(2,3)16-6-4-15(5-7-16)21(26)23-11-10-20(25)24-17-8-9-18-19(14-17)28-13-12-27-18/h4-9,14H,10-13H2,1-3H3,(H,23,26)(H,24,25). The Balaban J connectivity index is 1.46. The van der Waals surface area contributed by atoms with Crippen LogP contribution in [0, 0.1) is 0 Å². The van der Waals surface area contributed by atoms with Gasteiger partial charge < -0.3 is 20.1 Å². The van der Waals surface area contributed by atoms with Crippen LogP contribution < -0.4 is 20.1 Å². The van der Waals surface area contributed by atoms with Crippen LogP contribution in [0.3, 0.4) is 0 Å². The molecule has 0 aromatic heterocycles. The molecule has 0 saturated carbocycles. The third kappa shape index (κ3) is 5.03. The molecule has 2 aromatic rings. The van der Waals surface area contributed by atoms with E-state index in [0.29, 0.717) is 36.0 Å². The van der Waals surface area contributed by atoms with E-state index >= 15 is 0 Å². The molecule has 28 heavy (non-hydrogen) atoms. The maximum absolute atomic E-state index is 12.2. The van der Waals surface area contributed by atoms with Crippen molar-refractivity contribution in [1.82, 2.24) is 5.32 Å². The van der Waals surface area contributed by atoms with Crippen LogP contribution in [0.5, 0.6) is 11.5 Å². The highest BCUT2D eigenvalue weighted by molar-refractivity contribution is 5.95. The zero-order valence-corrected chi connectivity index (χ0v) is 16.5. The molecule has 2 N–H and O–H groups in total. The molecule has 0 unspecified atom stereocenters. The van der Waals surface area contributed by atoms with E-state index in [0.717, 1.165) is 0 Å². The van der Waals surface area contributed by atoms with E-state index in [2.05, 4.69) is 31.4 Å². The third-order valence-corrected chi connectivity index (χ3v) is 4.48. The van der Waals surface area contributed by atoms with Crippen LogP contribution >= 0.6 is 0 Å². The van der Waals surface area contributed by atoms with Gasteiger partial charge in [-0.15, -0.1) is 0 Å². The highest BCUT2D eigenvalue weighted by Crippen LogP contribution is 2.32. The Labute approximate surface area is 165 Å². The fraction of sp³-hybridized carbons (Fsp3) is 0.364. The summed E-state index contributed by atoms with van der Waals surface area (Å²) in [5, 5.41) is 5.58. The molecule has 2 amide bonds. The summed E-state index contributed by atoms with van der Waals surface area (Å²) in [6.07, 6.45) is 0.181. The number of amides is 2. The van der Waals surface area contributed by atoms with Crippen molar-refractivity contribution in [3.05, 3.63) is 53.6 Å². The van der Waals surface area contributed by atoms with Crippen molar-refractivity contribution in [2.24, 2.45) is 0 Å². The van der Waals surface area contributed by atoms with Gasteiger partial charge in [-0.05, 0) is 35.2 Å². The largest absolute Gasteiger partial charge is 0.486 e. The van der Waals surface area contributed by atoms with E-state index in [1.807, 2.05) is 24.3 Å². The monoisotopic (exact) mass is 382 g/mol. The molecule has 0 atom stereocenters. The van der Waals surface area contributed by atoms with E-state index in [9.17, 15) is 9.59 Å². The van der Waals surface area contributed by atoms with E-state index < -0.39 is 0 Å². The van der Waals surface area contributed by atoms with Gasteiger partial charge in [0.2, 0.25) is 5.91 Å². The van der Waals surface area contributed by atoms with E-state index in [4.69, 9.17) is 9.47 Å². The summed E-state index contributed by atoms with van der Waals surface area (Å²) in [5.41, 5.74) is 2.43. The number of ether oxygens (including phenoxy) is 2. The van der Waals surface area contributed by atoms with Gasteiger partial charge in [-0.3, -0.25) is 9.59 Å². The predicted molar refractivity (Wildman–Crippen MR) is 108 cm³/mol. The van der Waals surface area contributed by atoms with Gasteiger partial charge >= 0.3 is 0 Å². The summed E-state index contributed by atoms with van der Waals surface area (Å²) in [7, 11) is 0. The number of nitrogens with one attached hydrogen (secondary N) is 2. The minimum Gasteiger partial charge on any atom is -0.486 e. The first kappa shape index (κ1) is 19.7. The lowest BCUT2D eigenvalue weighted by atomic mass is 9.87. The van der Waals surface area contributed by atoms with Crippen LogP contribution in [0.4, 0.5) is 5.69 Å². The summed E-state index contributed by atoms with van der Waals surface area (Å²) in [4.78, 5) is 24.4. The Kier molecular flexibility index (Phi) is 5.87. The molecular formula is C22H26N2O4. The van der Waals surface area contributed by atoms with Crippen molar-refractivity contribution in [2.45, 2.75) is 32.6 Å². The Bertz CT molecular complexity index is 854. The highest BCUT2D eigenvalue weighted by Gasteiger charge is 2.15. The quantitative estimate of drug-likeness (QED) is 0.830. The maximum atomic E-state index is 12.2. The summed E-state index contributed by atoms with van der Waals surface area (Å²) >= 11 is 0. The van der Waals surface area contributed by atoms with Crippen molar-refractivity contribution in [2.75, 3.05) is 25.1 Å². The SMILES string of the molecule is CC(C)(C)c1ccc(C(=O)NCCC(=O)Nc2ccc3c(c2)OCCO3)cc1. The number of carbonyl (C=O) groups excluding carboxylic acids is 2. The molecule has 0 bridgehead atoms. The third-order valence-electron chi connectivity index (χ3n) is 4.48. The van der Waals surface area contributed by atoms with Gasteiger partial charge in [0.1, 0.15) is 13.2 Å². The van der Waals surface area contributed by atoms with Crippen LogP contribution in [0.25, 0.3) is 0 Å². The number of benzene rings is 2. The fourth-order valence-electron chi connectivity index (χ4n) is 2.86. The summed E-state index contributed by atoms with van der Waals surface area (Å²) < 4.78 is 11.0. The van der Waals surface area contributed by atoms with Gasteiger partial charge in [-0.2, -0.15) is 0 Å².